The number of hydrazine groups is 1. The molecule has 190 valence electrons. The van der Waals surface area contributed by atoms with Gasteiger partial charge in [-0.15, -0.1) is 0 Å². The summed E-state index contributed by atoms with van der Waals surface area (Å²) in [6.45, 7) is 19.5. The first-order valence-corrected chi connectivity index (χ1v) is 12.7. The molecule has 0 fully saturated rings. The molecule has 0 aliphatic rings. The molecule has 0 bridgehead atoms. The molecule has 0 radical (unpaired) electrons. The highest BCUT2D eigenvalue weighted by atomic mass is 32.2. The second-order valence-corrected chi connectivity index (χ2v) is 9.11. The number of hydrogen-bond donors (Lipinski definition) is 3. The van der Waals surface area contributed by atoms with Gasteiger partial charge in [0.05, 0.1) is 25.5 Å². The van der Waals surface area contributed by atoms with Gasteiger partial charge in [0, 0.05) is 12.2 Å². The molecular weight excluding hydrogens is 490 g/mol. The zero-order valence-electron chi connectivity index (χ0n) is 20.5. The van der Waals surface area contributed by atoms with E-state index in [9.17, 15) is 9.00 Å². The van der Waals surface area contributed by atoms with Gasteiger partial charge in [-0.3, -0.25) is 20.5 Å². The van der Waals surface area contributed by atoms with Crippen LogP contribution in [0.4, 0.5) is 21.9 Å². The number of benzene rings is 3. The molecule has 0 aliphatic heterocycles. The van der Waals surface area contributed by atoms with Gasteiger partial charge in [0.15, 0.2) is 11.4 Å². The molecule has 0 saturated carbocycles. The van der Waals surface area contributed by atoms with Crippen molar-refractivity contribution >= 4 is 34.2 Å². The molecule has 10 heteroatoms. The van der Waals surface area contributed by atoms with Crippen LogP contribution in [0.15, 0.2) is 60.7 Å². The summed E-state index contributed by atoms with van der Waals surface area (Å²) in [7, 11) is 0. The van der Waals surface area contributed by atoms with Gasteiger partial charge < -0.3 is 14.2 Å². The van der Waals surface area contributed by atoms with E-state index in [1.165, 1.54) is 17.7 Å². The minimum Gasteiger partial charge on any atom is -0.493 e. The van der Waals surface area contributed by atoms with E-state index >= 15 is 0 Å². The first-order chi connectivity index (χ1) is 17.9. The molecule has 2 amide bonds. The van der Waals surface area contributed by atoms with Gasteiger partial charge in [0.1, 0.15) is 11.5 Å². The Morgan fingerprint density at radius 1 is 1.00 bits per heavy atom. The molecule has 3 aromatic rings. The summed E-state index contributed by atoms with van der Waals surface area (Å²) in [6, 6.07) is 17.1. The van der Waals surface area contributed by atoms with Crippen molar-refractivity contribution in [2.75, 3.05) is 18.6 Å². The Kier molecular flexibility index (Phi) is 9.89. The highest BCUT2D eigenvalue weighted by molar-refractivity contribution is 7.79. The number of ether oxygens (including phenoxy) is 1. The fraction of sp³-hybridized carbons (Fsp3) is 0.222. The Morgan fingerprint density at radius 3 is 2.43 bits per heavy atom. The van der Waals surface area contributed by atoms with Crippen LogP contribution in [0.5, 0.6) is 11.5 Å². The summed E-state index contributed by atoms with van der Waals surface area (Å²) in [5.41, 5.74) is 8.54. The van der Waals surface area contributed by atoms with Crippen LogP contribution in [0.2, 0.25) is 0 Å². The first-order valence-electron chi connectivity index (χ1n) is 11.4. The maximum atomic E-state index is 12.6. The predicted octanol–water partition coefficient (Wildman–Crippen LogP) is 5.74. The van der Waals surface area contributed by atoms with Crippen LogP contribution in [0.1, 0.15) is 23.1 Å². The van der Waals surface area contributed by atoms with Gasteiger partial charge in [0.2, 0.25) is 11.1 Å². The number of nitrogens with one attached hydrogen (secondary N) is 3. The highest BCUT2D eigenvalue weighted by Crippen LogP contribution is 2.34. The first kappa shape index (κ1) is 27.1. The third-order valence-corrected chi connectivity index (χ3v) is 6.08. The number of nitrogens with zero attached hydrogens (tertiary/aromatic N) is 2. The standard InChI is InChI=1S/C27H27N5O4S/c1-19-11-12-26(20(2)15-19)35-14-8-13-30-27(33)32-31-23-17-25(29-4)24(28-3)16-21(23)18-37(34)36-22-9-6-5-7-10-22/h5-7,9-12,15-17,31H,8,13-14,18H2,1-2H3,(H2,30,32,33). The molecule has 9 nitrogen and oxygen atoms in total. The lowest BCUT2D eigenvalue weighted by Gasteiger charge is -2.15. The number of hydrogen-bond acceptors (Lipinski definition) is 5. The number of para-hydroxylation sites is 1. The number of urea groups is 1. The van der Waals surface area contributed by atoms with Crippen molar-refractivity contribution in [1.29, 1.82) is 0 Å². The molecule has 1 atom stereocenters. The van der Waals surface area contributed by atoms with Gasteiger partial charge in [-0.1, -0.05) is 42.0 Å². The van der Waals surface area contributed by atoms with Crippen molar-refractivity contribution in [1.82, 2.24) is 10.7 Å². The summed E-state index contributed by atoms with van der Waals surface area (Å²) < 4.78 is 23.8. The van der Waals surface area contributed by atoms with E-state index in [0.29, 0.717) is 36.6 Å². The summed E-state index contributed by atoms with van der Waals surface area (Å²) in [5.74, 6) is 1.20. The van der Waals surface area contributed by atoms with Gasteiger partial charge in [0.25, 0.3) is 0 Å². The topological polar surface area (TPSA) is 97.4 Å². The summed E-state index contributed by atoms with van der Waals surface area (Å²) in [6.07, 6.45) is 0.601. The predicted molar refractivity (Wildman–Crippen MR) is 144 cm³/mol. The molecule has 1 unspecified atom stereocenters. The Morgan fingerprint density at radius 2 is 1.73 bits per heavy atom. The van der Waals surface area contributed by atoms with Gasteiger partial charge in [-0.25, -0.2) is 9.00 Å². The average molecular weight is 518 g/mol. The van der Waals surface area contributed by atoms with Crippen LogP contribution in [-0.2, 0) is 16.8 Å². The van der Waals surface area contributed by atoms with Crippen molar-refractivity contribution in [2.24, 2.45) is 0 Å². The maximum Gasteiger partial charge on any atom is 0.333 e. The second kappa shape index (κ2) is 13.5. The van der Waals surface area contributed by atoms with Crippen molar-refractivity contribution < 1.29 is 17.9 Å². The van der Waals surface area contributed by atoms with E-state index in [-0.39, 0.29) is 17.1 Å². The lowest BCUT2D eigenvalue weighted by molar-refractivity contribution is 0.241. The van der Waals surface area contributed by atoms with E-state index in [1.807, 2.05) is 32.0 Å². The SMILES string of the molecule is [C-]#[N+]c1cc(CS(=O)Oc2ccccc2)c(NNC(=O)NCCCOc2ccc(C)cc2C)cc1[N+]#[C-]. The largest absolute Gasteiger partial charge is 0.493 e. The Hall–Kier alpha value is -4.54. The number of amides is 2. The number of aryl methyl sites for hydroxylation is 2. The van der Waals surface area contributed by atoms with Gasteiger partial charge in [-0.05, 0) is 55.7 Å². The smallest absolute Gasteiger partial charge is 0.333 e. The molecule has 3 N–H and O–H groups in total. The van der Waals surface area contributed by atoms with Gasteiger partial charge in [-0.2, -0.15) is 0 Å². The molecule has 0 aromatic heterocycles. The zero-order chi connectivity index (χ0) is 26.6. The van der Waals surface area contributed by atoms with Gasteiger partial charge >= 0.3 is 6.03 Å². The molecule has 0 saturated heterocycles. The van der Waals surface area contributed by atoms with Crippen molar-refractivity contribution in [3.63, 3.8) is 0 Å². The monoisotopic (exact) mass is 517 g/mol. The summed E-state index contributed by atoms with van der Waals surface area (Å²) in [4.78, 5) is 19.0. The number of carbonyl (C=O) groups is 1. The number of anilines is 1. The normalized spacial score (nSPS) is 10.9. The fourth-order valence-corrected chi connectivity index (χ4v) is 4.24. The Bertz CT molecular complexity index is 1350. The quantitative estimate of drug-likeness (QED) is 0.171. The van der Waals surface area contributed by atoms with Crippen LogP contribution in [0, 0.1) is 27.0 Å². The second-order valence-electron chi connectivity index (χ2n) is 8.04. The Labute approximate surface area is 219 Å². The maximum absolute atomic E-state index is 12.6. The minimum absolute atomic E-state index is 0.0584. The fourth-order valence-electron chi connectivity index (χ4n) is 3.36. The van der Waals surface area contributed by atoms with Crippen LogP contribution < -0.4 is 25.1 Å². The molecule has 37 heavy (non-hydrogen) atoms. The molecular formula is C27H27N5O4S. The zero-order valence-corrected chi connectivity index (χ0v) is 21.4. The average Bonchev–Trinajstić information content (AvgIpc) is 2.89. The van der Waals surface area contributed by atoms with E-state index in [0.717, 1.165) is 11.3 Å². The Balaban J connectivity index is 1.54. The van der Waals surface area contributed by atoms with Crippen LogP contribution >= 0.6 is 0 Å². The van der Waals surface area contributed by atoms with Crippen molar-refractivity contribution in [2.45, 2.75) is 26.0 Å². The lowest BCUT2D eigenvalue weighted by atomic mass is 10.1. The van der Waals surface area contributed by atoms with E-state index < -0.39 is 17.1 Å². The minimum atomic E-state index is -1.75. The van der Waals surface area contributed by atoms with Crippen LogP contribution in [0.3, 0.4) is 0 Å². The third-order valence-electron chi connectivity index (χ3n) is 5.15. The molecule has 0 spiro atoms. The number of carbonyl (C=O) groups excluding carboxylic acids is 1. The summed E-state index contributed by atoms with van der Waals surface area (Å²) in [5, 5.41) is 2.72. The highest BCUT2D eigenvalue weighted by Gasteiger charge is 2.15. The van der Waals surface area contributed by atoms with E-state index in [4.69, 9.17) is 22.1 Å². The van der Waals surface area contributed by atoms with E-state index in [2.05, 4.69) is 31.9 Å². The van der Waals surface area contributed by atoms with Crippen LogP contribution in [-0.4, -0.2) is 23.4 Å². The molecule has 0 aliphatic carbocycles. The van der Waals surface area contributed by atoms with E-state index in [1.54, 1.807) is 24.3 Å². The van der Waals surface area contributed by atoms with Crippen LogP contribution in [0.25, 0.3) is 9.69 Å². The molecule has 3 aromatic carbocycles. The summed E-state index contributed by atoms with van der Waals surface area (Å²) >= 11 is -1.75. The van der Waals surface area contributed by atoms with Crippen molar-refractivity contribution in [3.8, 4) is 11.5 Å². The molecule has 3 rings (SSSR count). The molecule has 0 heterocycles. The van der Waals surface area contributed by atoms with Crippen molar-refractivity contribution in [3.05, 3.63) is 100 Å². The number of rotatable bonds is 11. The lowest BCUT2D eigenvalue weighted by Crippen LogP contribution is -2.40. The third kappa shape index (κ3) is 8.27.